The lowest BCUT2D eigenvalue weighted by Gasteiger charge is -2.10. The van der Waals surface area contributed by atoms with Crippen molar-refractivity contribution in [3.05, 3.63) is 29.4 Å². The Morgan fingerprint density at radius 2 is 1.83 bits per heavy atom. The molecule has 4 nitrogen and oxygen atoms in total. The summed E-state index contributed by atoms with van der Waals surface area (Å²) in [7, 11) is 0. The molecular formula is C13H15ClN2O2. The van der Waals surface area contributed by atoms with Gasteiger partial charge in [0.1, 0.15) is 6.61 Å². The first-order valence-electron chi connectivity index (χ1n) is 5.84. The number of benzene rings is 1. The van der Waals surface area contributed by atoms with Gasteiger partial charge in [-0.1, -0.05) is 29.8 Å². The van der Waals surface area contributed by atoms with Gasteiger partial charge in [0.25, 0.3) is 0 Å². The van der Waals surface area contributed by atoms with E-state index in [9.17, 15) is 0 Å². The number of aromatic nitrogens is 2. The summed E-state index contributed by atoms with van der Waals surface area (Å²) in [4.78, 5) is 0. The van der Waals surface area contributed by atoms with Gasteiger partial charge in [0.05, 0.1) is 12.7 Å². The van der Waals surface area contributed by atoms with Crippen LogP contribution in [0.1, 0.15) is 13.8 Å². The summed E-state index contributed by atoms with van der Waals surface area (Å²) in [5.74, 6) is 0.488. The fourth-order valence-corrected chi connectivity index (χ4v) is 1.78. The number of fused-ring (bicyclic) bond motifs is 1. The fourth-order valence-electron chi connectivity index (χ4n) is 1.58. The van der Waals surface area contributed by atoms with E-state index in [0.717, 1.165) is 10.8 Å². The van der Waals surface area contributed by atoms with Crippen LogP contribution in [0.5, 0.6) is 5.88 Å². The van der Waals surface area contributed by atoms with E-state index in [0.29, 0.717) is 24.2 Å². The third kappa shape index (κ3) is 3.09. The monoisotopic (exact) mass is 266 g/mol. The molecule has 2 rings (SSSR count). The highest BCUT2D eigenvalue weighted by Crippen LogP contribution is 2.26. The number of nitrogens with zero attached hydrogens (tertiary/aromatic N) is 2. The Bertz CT molecular complexity index is 531. The summed E-state index contributed by atoms with van der Waals surface area (Å²) in [6.45, 7) is 4.93. The van der Waals surface area contributed by atoms with E-state index >= 15 is 0 Å². The maximum atomic E-state index is 5.98. The standard InChI is InChI=1S/C13H15ClN2O2/c1-9(2)17-7-8-18-13-11-6-4-3-5-10(11)12(14)15-16-13/h3-6,9H,7-8H2,1-2H3. The first kappa shape index (κ1) is 13.1. The zero-order chi connectivity index (χ0) is 13.0. The molecule has 0 bridgehead atoms. The molecule has 0 fully saturated rings. The van der Waals surface area contributed by atoms with Crippen molar-refractivity contribution >= 4 is 22.4 Å². The Hall–Kier alpha value is -1.39. The minimum atomic E-state index is 0.196. The summed E-state index contributed by atoms with van der Waals surface area (Å²) in [5.41, 5.74) is 0. The molecule has 0 aliphatic rings. The number of ether oxygens (including phenoxy) is 2. The molecule has 96 valence electrons. The van der Waals surface area contributed by atoms with Crippen LogP contribution in [0.3, 0.4) is 0 Å². The number of halogens is 1. The van der Waals surface area contributed by atoms with E-state index in [2.05, 4.69) is 10.2 Å². The molecule has 0 unspecified atom stereocenters. The SMILES string of the molecule is CC(C)OCCOc1nnc(Cl)c2ccccc12. The van der Waals surface area contributed by atoms with Crippen LogP contribution in [-0.4, -0.2) is 29.5 Å². The molecule has 1 aromatic heterocycles. The van der Waals surface area contributed by atoms with Crippen molar-refractivity contribution in [1.29, 1.82) is 0 Å². The summed E-state index contributed by atoms with van der Waals surface area (Å²) in [6, 6.07) is 7.62. The molecular weight excluding hydrogens is 252 g/mol. The maximum absolute atomic E-state index is 5.98. The first-order valence-corrected chi connectivity index (χ1v) is 6.21. The molecule has 1 heterocycles. The maximum Gasteiger partial charge on any atom is 0.241 e. The molecule has 0 saturated heterocycles. The highest BCUT2D eigenvalue weighted by Gasteiger charge is 2.08. The minimum absolute atomic E-state index is 0.196. The van der Waals surface area contributed by atoms with Crippen molar-refractivity contribution in [2.45, 2.75) is 20.0 Å². The van der Waals surface area contributed by atoms with Gasteiger partial charge in [-0.3, -0.25) is 0 Å². The number of hydrogen-bond donors (Lipinski definition) is 0. The van der Waals surface area contributed by atoms with Gasteiger partial charge >= 0.3 is 0 Å². The second kappa shape index (κ2) is 5.98. The molecule has 1 aromatic carbocycles. The molecule has 0 N–H and O–H groups in total. The van der Waals surface area contributed by atoms with Crippen molar-refractivity contribution in [3.63, 3.8) is 0 Å². The predicted molar refractivity (Wildman–Crippen MR) is 71.1 cm³/mol. The topological polar surface area (TPSA) is 44.2 Å². The Morgan fingerprint density at radius 1 is 1.11 bits per heavy atom. The Morgan fingerprint density at radius 3 is 2.56 bits per heavy atom. The lowest BCUT2D eigenvalue weighted by Crippen LogP contribution is -2.12. The van der Waals surface area contributed by atoms with Crippen molar-refractivity contribution in [3.8, 4) is 5.88 Å². The van der Waals surface area contributed by atoms with Gasteiger partial charge in [0, 0.05) is 10.8 Å². The van der Waals surface area contributed by atoms with Crippen LogP contribution in [0.4, 0.5) is 0 Å². The zero-order valence-electron chi connectivity index (χ0n) is 10.4. The Balaban J connectivity index is 2.11. The van der Waals surface area contributed by atoms with Crippen molar-refractivity contribution in [1.82, 2.24) is 10.2 Å². The molecule has 0 atom stereocenters. The summed E-state index contributed by atoms with van der Waals surface area (Å²) in [5, 5.41) is 9.92. The van der Waals surface area contributed by atoms with Gasteiger partial charge in [0.2, 0.25) is 5.88 Å². The molecule has 0 amide bonds. The lowest BCUT2D eigenvalue weighted by molar-refractivity contribution is 0.0544. The van der Waals surface area contributed by atoms with Crippen LogP contribution in [0.2, 0.25) is 5.15 Å². The summed E-state index contributed by atoms with van der Waals surface area (Å²) < 4.78 is 11.0. The molecule has 2 aromatic rings. The van der Waals surface area contributed by atoms with E-state index in [1.54, 1.807) is 0 Å². The van der Waals surface area contributed by atoms with Crippen molar-refractivity contribution in [2.75, 3.05) is 13.2 Å². The van der Waals surface area contributed by atoms with Crippen LogP contribution in [0.25, 0.3) is 10.8 Å². The average molecular weight is 267 g/mol. The fraction of sp³-hybridized carbons (Fsp3) is 0.385. The normalized spacial score (nSPS) is 11.1. The minimum Gasteiger partial charge on any atom is -0.474 e. The van der Waals surface area contributed by atoms with E-state index < -0.39 is 0 Å². The predicted octanol–water partition coefficient (Wildman–Crippen LogP) is 3.09. The summed E-state index contributed by atoms with van der Waals surface area (Å²) in [6.07, 6.45) is 0.196. The van der Waals surface area contributed by atoms with Crippen LogP contribution in [0, 0.1) is 0 Å². The first-order chi connectivity index (χ1) is 8.68. The van der Waals surface area contributed by atoms with Crippen LogP contribution < -0.4 is 4.74 Å². The van der Waals surface area contributed by atoms with E-state index in [1.807, 2.05) is 38.1 Å². The molecule has 0 aliphatic heterocycles. The molecule has 0 saturated carbocycles. The lowest BCUT2D eigenvalue weighted by atomic mass is 10.2. The zero-order valence-corrected chi connectivity index (χ0v) is 11.1. The third-order valence-corrected chi connectivity index (χ3v) is 2.66. The van der Waals surface area contributed by atoms with Crippen molar-refractivity contribution < 1.29 is 9.47 Å². The van der Waals surface area contributed by atoms with Crippen LogP contribution in [-0.2, 0) is 4.74 Å². The molecule has 0 spiro atoms. The Kier molecular flexibility index (Phi) is 4.33. The average Bonchev–Trinajstić information content (AvgIpc) is 2.37. The van der Waals surface area contributed by atoms with Crippen molar-refractivity contribution in [2.24, 2.45) is 0 Å². The van der Waals surface area contributed by atoms with Gasteiger partial charge in [-0.15, -0.1) is 10.2 Å². The van der Waals surface area contributed by atoms with E-state index in [-0.39, 0.29) is 6.10 Å². The molecule has 18 heavy (non-hydrogen) atoms. The number of rotatable bonds is 5. The van der Waals surface area contributed by atoms with Crippen LogP contribution >= 0.6 is 11.6 Å². The molecule has 5 heteroatoms. The van der Waals surface area contributed by atoms with E-state index in [1.165, 1.54) is 0 Å². The summed E-state index contributed by atoms with van der Waals surface area (Å²) >= 11 is 5.98. The quantitative estimate of drug-likeness (QED) is 0.780. The molecule has 0 radical (unpaired) electrons. The van der Waals surface area contributed by atoms with Crippen LogP contribution in [0.15, 0.2) is 24.3 Å². The van der Waals surface area contributed by atoms with Gasteiger partial charge in [-0.05, 0) is 19.9 Å². The third-order valence-electron chi connectivity index (χ3n) is 2.38. The highest BCUT2D eigenvalue weighted by molar-refractivity contribution is 6.34. The second-order valence-corrected chi connectivity index (χ2v) is 4.47. The number of hydrogen-bond acceptors (Lipinski definition) is 4. The van der Waals surface area contributed by atoms with E-state index in [4.69, 9.17) is 21.1 Å². The molecule has 0 aliphatic carbocycles. The second-order valence-electron chi connectivity index (χ2n) is 4.11. The van der Waals surface area contributed by atoms with Gasteiger partial charge in [-0.25, -0.2) is 0 Å². The highest BCUT2D eigenvalue weighted by atomic mass is 35.5. The Labute approximate surface area is 111 Å². The van der Waals surface area contributed by atoms with Gasteiger partial charge in [0.15, 0.2) is 5.15 Å². The van der Waals surface area contributed by atoms with Gasteiger partial charge < -0.3 is 9.47 Å². The smallest absolute Gasteiger partial charge is 0.241 e. The largest absolute Gasteiger partial charge is 0.474 e. The van der Waals surface area contributed by atoms with Gasteiger partial charge in [-0.2, -0.15) is 0 Å².